The third-order valence-corrected chi connectivity index (χ3v) is 4.24. The number of para-hydroxylation sites is 1. The average Bonchev–Trinajstić information content (AvgIpc) is 2.64. The second kappa shape index (κ2) is 9.03. The maximum Gasteiger partial charge on any atom is 0.347 e. The zero-order valence-corrected chi connectivity index (χ0v) is 17.1. The van der Waals surface area contributed by atoms with Crippen LogP contribution in [0.1, 0.15) is 40.2 Å². The molecule has 156 valence electrons. The molecule has 0 aliphatic carbocycles. The fourth-order valence-electron chi connectivity index (χ4n) is 2.45. The van der Waals surface area contributed by atoms with Gasteiger partial charge in [0.05, 0.1) is 0 Å². The largest absolute Gasteiger partial charge is 0.479 e. The van der Waals surface area contributed by atoms with Crippen molar-refractivity contribution >= 4 is 17.6 Å². The summed E-state index contributed by atoms with van der Waals surface area (Å²) in [5.41, 5.74) is 0.512. The van der Waals surface area contributed by atoms with Crippen LogP contribution in [0.4, 0.5) is 14.5 Å². The number of hydrogen-bond donors (Lipinski definition) is 1. The van der Waals surface area contributed by atoms with Gasteiger partial charge in [0.15, 0.2) is 12.2 Å². The topological polar surface area (TPSA) is 64.6 Å². The SMILES string of the molecule is C[C@@H](OC(=O)[C@@H](C)Oc1ccc(C(C)(C)C)cc1)C(=O)Nc1c(F)cccc1F. The van der Waals surface area contributed by atoms with Gasteiger partial charge in [0.25, 0.3) is 5.91 Å². The van der Waals surface area contributed by atoms with Crippen molar-refractivity contribution in [2.24, 2.45) is 0 Å². The number of esters is 1. The molecule has 1 amide bonds. The minimum atomic E-state index is -1.27. The van der Waals surface area contributed by atoms with Crippen LogP contribution in [0, 0.1) is 11.6 Å². The monoisotopic (exact) mass is 405 g/mol. The van der Waals surface area contributed by atoms with Crippen molar-refractivity contribution in [3.05, 3.63) is 59.7 Å². The number of halogens is 2. The fraction of sp³-hybridized carbons (Fsp3) is 0.364. The highest BCUT2D eigenvalue weighted by Gasteiger charge is 2.25. The number of rotatable bonds is 6. The zero-order valence-electron chi connectivity index (χ0n) is 17.1. The lowest BCUT2D eigenvalue weighted by molar-refractivity contribution is -0.159. The van der Waals surface area contributed by atoms with Crippen molar-refractivity contribution in [1.82, 2.24) is 0 Å². The molecule has 0 aliphatic heterocycles. The lowest BCUT2D eigenvalue weighted by Crippen LogP contribution is -2.35. The predicted octanol–water partition coefficient (Wildman–Crippen LogP) is 4.60. The van der Waals surface area contributed by atoms with Gasteiger partial charge in [-0.3, -0.25) is 4.79 Å². The highest BCUT2D eigenvalue weighted by molar-refractivity contribution is 5.95. The van der Waals surface area contributed by atoms with E-state index in [0.717, 1.165) is 17.7 Å². The molecule has 2 aromatic carbocycles. The van der Waals surface area contributed by atoms with Crippen LogP contribution in [0.2, 0.25) is 0 Å². The summed E-state index contributed by atoms with van der Waals surface area (Å²) in [6.07, 6.45) is -2.24. The molecule has 0 saturated heterocycles. The van der Waals surface area contributed by atoms with E-state index in [2.05, 4.69) is 26.1 Å². The minimum absolute atomic E-state index is 0.0103. The number of carbonyl (C=O) groups is 2. The molecule has 2 aromatic rings. The molecule has 0 heterocycles. The maximum absolute atomic E-state index is 13.6. The van der Waals surface area contributed by atoms with E-state index in [0.29, 0.717) is 5.75 Å². The van der Waals surface area contributed by atoms with E-state index in [9.17, 15) is 18.4 Å². The Labute approximate surface area is 169 Å². The molecule has 0 unspecified atom stereocenters. The van der Waals surface area contributed by atoms with Gasteiger partial charge in [-0.1, -0.05) is 39.0 Å². The lowest BCUT2D eigenvalue weighted by atomic mass is 9.87. The molecule has 0 bridgehead atoms. The Bertz CT molecular complexity index is 855. The molecule has 5 nitrogen and oxygen atoms in total. The minimum Gasteiger partial charge on any atom is -0.479 e. The van der Waals surface area contributed by atoms with Gasteiger partial charge >= 0.3 is 5.97 Å². The van der Waals surface area contributed by atoms with Crippen molar-refractivity contribution < 1.29 is 27.8 Å². The standard InChI is InChI=1S/C22H25F2NO4/c1-13(20(26)25-19-17(23)7-6-8-18(19)24)29-21(27)14(2)28-16-11-9-15(10-12-16)22(3,4)5/h6-14H,1-5H3,(H,25,26)/t13-,14-/m1/s1. The van der Waals surface area contributed by atoms with Crippen molar-refractivity contribution in [2.75, 3.05) is 5.32 Å². The van der Waals surface area contributed by atoms with Gasteiger partial charge in [-0.25, -0.2) is 13.6 Å². The Hall–Kier alpha value is -2.96. The molecule has 29 heavy (non-hydrogen) atoms. The molecule has 2 atom stereocenters. The summed E-state index contributed by atoms with van der Waals surface area (Å²) in [5, 5.41) is 2.09. The van der Waals surface area contributed by atoms with Crippen LogP contribution in [0.15, 0.2) is 42.5 Å². The first-order valence-corrected chi connectivity index (χ1v) is 9.21. The van der Waals surface area contributed by atoms with Crippen LogP contribution in [0.5, 0.6) is 5.75 Å². The van der Waals surface area contributed by atoms with Crippen molar-refractivity contribution in [2.45, 2.75) is 52.2 Å². The summed E-state index contributed by atoms with van der Waals surface area (Å²) < 4.78 is 37.9. The van der Waals surface area contributed by atoms with Gasteiger partial charge in [-0.05, 0) is 49.1 Å². The normalized spacial score (nSPS) is 13.3. The molecule has 0 radical (unpaired) electrons. The van der Waals surface area contributed by atoms with E-state index >= 15 is 0 Å². The number of carbonyl (C=O) groups excluding carboxylic acids is 2. The van der Waals surface area contributed by atoms with Gasteiger partial charge in [0.2, 0.25) is 0 Å². The number of ether oxygens (including phenoxy) is 2. The average molecular weight is 405 g/mol. The Morgan fingerprint density at radius 1 is 0.931 bits per heavy atom. The predicted molar refractivity (Wildman–Crippen MR) is 106 cm³/mol. The summed E-state index contributed by atoms with van der Waals surface area (Å²) in [5.74, 6) is -3.00. The van der Waals surface area contributed by atoms with Gasteiger partial charge in [0, 0.05) is 0 Å². The fourth-order valence-corrected chi connectivity index (χ4v) is 2.45. The molecule has 1 N–H and O–H groups in total. The quantitative estimate of drug-likeness (QED) is 0.714. The number of nitrogens with one attached hydrogen (secondary N) is 1. The Morgan fingerprint density at radius 3 is 2.00 bits per heavy atom. The number of anilines is 1. The molecular formula is C22H25F2NO4. The van der Waals surface area contributed by atoms with Crippen molar-refractivity contribution in [1.29, 1.82) is 0 Å². The van der Waals surface area contributed by atoms with E-state index in [1.807, 2.05) is 12.1 Å². The molecular weight excluding hydrogens is 380 g/mol. The number of amides is 1. The first-order chi connectivity index (χ1) is 13.5. The lowest BCUT2D eigenvalue weighted by Gasteiger charge is -2.20. The van der Waals surface area contributed by atoms with Crippen LogP contribution in [0.25, 0.3) is 0 Å². The molecule has 0 aliphatic rings. The van der Waals surface area contributed by atoms with Crippen LogP contribution in [-0.4, -0.2) is 24.1 Å². The van der Waals surface area contributed by atoms with Crippen LogP contribution in [-0.2, 0) is 19.7 Å². The van der Waals surface area contributed by atoms with E-state index < -0.39 is 41.4 Å². The van der Waals surface area contributed by atoms with Crippen LogP contribution in [0.3, 0.4) is 0 Å². The van der Waals surface area contributed by atoms with E-state index in [1.54, 1.807) is 12.1 Å². The van der Waals surface area contributed by atoms with E-state index in [4.69, 9.17) is 9.47 Å². The second-order valence-corrected chi connectivity index (χ2v) is 7.70. The van der Waals surface area contributed by atoms with Crippen LogP contribution >= 0.6 is 0 Å². The van der Waals surface area contributed by atoms with Crippen molar-refractivity contribution in [3.8, 4) is 5.75 Å². The maximum atomic E-state index is 13.6. The summed E-state index contributed by atoms with van der Waals surface area (Å²) in [6, 6.07) is 10.5. The zero-order chi connectivity index (χ0) is 21.8. The Kier molecular flexibility index (Phi) is 6.95. The van der Waals surface area contributed by atoms with Crippen molar-refractivity contribution in [3.63, 3.8) is 0 Å². The third-order valence-electron chi connectivity index (χ3n) is 4.24. The molecule has 0 spiro atoms. The summed E-state index contributed by atoms with van der Waals surface area (Å²) in [7, 11) is 0. The van der Waals surface area contributed by atoms with Gasteiger partial charge in [0.1, 0.15) is 23.1 Å². The molecule has 0 saturated carbocycles. The van der Waals surface area contributed by atoms with Gasteiger partial charge in [-0.2, -0.15) is 0 Å². The molecule has 0 fully saturated rings. The molecule has 2 rings (SSSR count). The first kappa shape index (κ1) is 22.3. The first-order valence-electron chi connectivity index (χ1n) is 9.21. The Balaban J connectivity index is 1.93. The van der Waals surface area contributed by atoms with Crippen LogP contribution < -0.4 is 10.1 Å². The summed E-state index contributed by atoms with van der Waals surface area (Å²) >= 11 is 0. The van der Waals surface area contributed by atoms with E-state index in [-0.39, 0.29) is 5.41 Å². The second-order valence-electron chi connectivity index (χ2n) is 7.70. The van der Waals surface area contributed by atoms with E-state index in [1.165, 1.54) is 19.9 Å². The smallest absolute Gasteiger partial charge is 0.347 e. The number of benzene rings is 2. The highest BCUT2D eigenvalue weighted by atomic mass is 19.1. The van der Waals surface area contributed by atoms with Gasteiger partial charge < -0.3 is 14.8 Å². The Morgan fingerprint density at radius 2 is 1.48 bits per heavy atom. The summed E-state index contributed by atoms with van der Waals surface area (Å²) in [6.45, 7) is 9.05. The molecule has 7 heteroatoms. The van der Waals surface area contributed by atoms with Gasteiger partial charge in [-0.15, -0.1) is 0 Å². The molecule has 0 aromatic heterocycles. The number of hydrogen-bond acceptors (Lipinski definition) is 4. The third kappa shape index (κ3) is 6.01. The highest BCUT2D eigenvalue weighted by Crippen LogP contribution is 2.25. The summed E-state index contributed by atoms with van der Waals surface area (Å²) in [4.78, 5) is 24.3.